The van der Waals surface area contributed by atoms with Crippen molar-refractivity contribution in [3.8, 4) is 0 Å². The maximum absolute atomic E-state index is 11.6. The summed E-state index contributed by atoms with van der Waals surface area (Å²) in [7, 11) is 1.35. The zero-order valence-corrected chi connectivity index (χ0v) is 13.0. The Morgan fingerprint density at radius 2 is 2.33 bits per heavy atom. The third kappa shape index (κ3) is 4.39. The molecule has 0 spiro atoms. The molecule has 0 aromatic carbocycles. The molecule has 1 aliphatic rings. The number of nitrogens with one attached hydrogen (secondary N) is 1. The first-order chi connectivity index (χ1) is 10.1. The normalized spacial score (nSPS) is 18.0. The van der Waals surface area contributed by atoms with E-state index >= 15 is 0 Å². The van der Waals surface area contributed by atoms with Gasteiger partial charge in [0.1, 0.15) is 5.82 Å². The molecular weight excluding hydrogens is 268 g/mol. The summed E-state index contributed by atoms with van der Waals surface area (Å²) in [5, 5.41) is 3.50. The van der Waals surface area contributed by atoms with Gasteiger partial charge in [-0.05, 0) is 25.3 Å². The number of aromatic nitrogens is 2. The lowest BCUT2D eigenvalue weighted by Crippen LogP contribution is -2.40. The monoisotopic (exact) mass is 292 g/mol. The van der Waals surface area contributed by atoms with Crippen LogP contribution in [-0.4, -0.2) is 48.7 Å². The number of methoxy groups -OCH3 is 1. The maximum atomic E-state index is 11.6. The molecule has 21 heavy (non-hydrogen) atoms. The minimum Gasteiger partial charge on any atom is -0.464 e. The van der Waals surface area contributed by atoms with E-state index in [1.54, 1.807) is 6.20 Å². The third-order valence-electron chi connectivity index (χ3n) is 3.53. The van der Waals surface area contributed by atoms with Gasteiger partial charge in [0.25, 0.3) is 0 Å². The number of ether oxygens (including phenoxy) is 1. The molecule has 0 saturated carbocycles. The van der Waals surface area contributed by atoms with Gasteiger partial charge < -0.3 is 15.0 Å². The molecule has 1 unspecified atom stereocenters. The second kappa shape index (κ2) is 7.36. The van der Waals surface area contributed by atoms with E-state index in [-0.39, 0.29) is 5.69 Å². The SMILES string of the molecule is COC(=O)c1cncc(N(CC(C)C)CC2CCCN2)n1. The van der Waals surface area contributed by atoms with Crippen LogP contribution in [0.4, 0.5) is 5.82 Å². The molecule has 0 bridgehead atoms. The highest BCUT2D eigenvalue weighted by atomic mass is 16.5. The Balaban J connectivity index is 2.16. The maximum Gasteiger partial charge on any atom is 0.358 e. The van der Waals surface area contributed by atoms with Crippen LogP contribution in [0.3, 0.4) is 0 Å². The topological polar surface area (TPSA) is 67.3 Å². The fourth-order valence-corrected chi connectivity index (χ4v) is 2.59. The van der Waals surface area contributed by atoms with Gasteiger partial charge in [0.2, 0.25) is 0 Å². The van der Waals surface area contributed by atoms with Crippen molar-refractivity contribution in [2.75, 3.05) is 31.6 Å². The largest absolute Gasteiger partial charge is 0.464 e. The van der Waals surface area contributed by atoms with Crippen LogP contribution in [0.1, 0.15) is 37.2 Å². The Kier molecular flexibility index (Phi) is 5.50. The lowest BCUT2D eigenvalue weighted by Gasteiger charge is -2.28. The number of carbonyl (C=O) groups excluding carboxylic acids is 1. The molecule has 6 heteroatoms. The first-order valence-electron chi connectivity index (χ1n) is 7.49. The van der Waals surface area contributed by atoms with Gasteiger partial charge >= 0.3 is 5.97 Å². The fourth-order valence-electron chi connectivity index (χ4n) is 2.59. The number of hydrogen-bond acceptors (Lipinski definition) is 6. The van der Waals surface area contributed by atoms with E-state index in [1.165, 1.54) is 26.1 Å². The molecule has 1 N–H and O–H groups in total. The number of carbonyl (C=O) groups is 1. The van der Waals surface area contributed by atoms with Gasteiger partial charge in [0, 0.05) is 19.1 Å². The average molecular weight is 292 g/mol. The third-order valence-corrected chi connectivity index (χ3v) is 3.53. The summed E-state index contributed by atoms with van der Waals surface area (Å²) in [6.07, 6.45) is 5.55. The van der Waals surface area contributed by atoms with Gasteiger partial charge in [0.05, 0.1) is 19.5 Å². The molecule has 1 aromatic heterocycles. The molecule has 1 fully saturated rings. The number of nitrogens with zero attached hydrogens (tertiary/aromatic N) is 3. The second-order valence-electron chi connectivity index (χ2n) is 5.85. The van der Waals surface area contributed by atoms with Crippen molar-refractivity contribution in [3.05, 3.63) is 18.1 Å². The number of rotatable bonds is 6. The van der Waals surface area contributed by atoms with Crippen LogP contribution in [0, 0.1) is 5.92 Å². The van der Waals surface area contributed by atoms with Crippen LogP contribution in [0.2, 0.25) is 0 Å². The van der Waals surface area contributed by atoms with Gasteiger partial charge in [-0.1, -0.05) is 13.8 Å². The van der Waals surface area contributed by atoms with Crippen molar-refractivity contribution < 1.29 is 9.53 Å². The van der Waals surface area contributed by atoms with Crippen LogP contribution in [0.5, 0.6) is 0 Å². The average Bonchev–Trinajstić information content (AvgIpc) is 2.98. The van der Waals surface area contributed by atoms with Crippen molar-refractivity contribution in [2.24, 2.45) is 5.92 Å². The highest BCUT2D eigenvalue weighted by Crippen LogP contribution is 2.16. The first-order valence-corrected chi connectivity index (χ1v) is 7.49. The van der Waals surface area contributed by atoms with Crippen molar-refractivity contribution >= 4 is 11.8 Å². The molecule has 2 heterocycles. The van der Waals surface area contributed by atoms with Gasteiger partial charge in [-0.25, -0.2) is 9.78 Å². The molecule has 1 saturated heterocycles. The van der Waals surface area contributed by atoms with E-state index in [0.29, 0.717) is 12.0 Å². The summed E-state index contributed by atoms with van der Waals surface area (Å²) in [6.45, 7) is 7.20. The summed E-state index contributed by atoms with van der Waals surface area (Å²) in [5.74, 6) is 0.795. The van der Waals surface area contributed by atoms with Crippen LogP contribution in [0.25, 0.3) is 0 Å². The van der Waals surface area contributed by atoms with E-state index in [9.17, 15) is 4.79 Å². The molecule has 0 aliphatic carbocycles. The van der Waals surface area contributed by atoms with Crippen molar-refractivity contribution in [3.63, 3.8) is 0 Å². The molecule has 1 aliphatic heterocycles. The van der Waals surface area contributed by atoms with E-state index < -0.39 is 5.97 Å². The molecular formula is C15H24N4O2. The van der Waals surface area contributed by atoms with E-state index in [1.807, 2.05) is 0 Å². The van der Waals surface area contributed by atoms with Crippen LogP contribution < -0.4 is 10.2 Å². The van der Waals surface area contributed by atoms with E-state index in [2.05, 4.69) is 34.0 Å². The molecule has 116 valence electrons. The Labute approximate surface area is 125 Å². The standard InChI is InChI=1S/C15H24N4O2/c1-11(2)9-19(10-12-5-4-6-17-12)14-8-16-7-13(18-14)15(20)21-3/h7-8,11-12,17H,4-6,9-10H2,1-3H3. The van der Waals surface area contributed by atoms with Crippen LogP contribution in [-0.2, 0) is 4.74 Å². The van der Waals surface area contributed by atoms with Crippen molar-refractivity contribution in [2.45, 2.75) is 32.7 Å². The second-order valence-corrected chi connectivity index (χ2v) is 5.85. The number of hydrogen-bond donors (Lipinski definition) is 1. The molecule has 0 radical (unpaired) electrons. The lowest BCUT2D eigenvalue weighted by molar-refractivity contribution is 0.0593. The Morgan fingerprint density at radius 1 is 1.52 bits per heavy atom. The minimum absolute atomic E-state index is 0.253. The molecule has 1 aromatic rings. The first kappa shape index (κ1) is 15.7. The number of anilines is 1. The van der Waals surface area contributed by atoms with Crippen LogP contribution >= 0.6 is 0 Å². The summed E-state index contributed by atoms with van der Waals surface area (Å²) in [6, 6.07) is 0.479. The highest BCUT2D eigenvalue weighted by Gasteiger charge is 2.20. The molecule has 2 rings (SSSR count). The van der Waals surface area contributed by atoms with Crippen molar-refractivity contribution in [1.82, 2.24) is 15.3 Å². The summed E-state index contributed by atoms with van der Waals surface area (Å²) in [5.41, 5.74) is 0.253. The summed E-state index contributed by atoms with van der Waals surface area (Å²) >= 11 is 0. The number of esters is 1. The molecule has 1 atom stereocenters. The highest BCUT2D eigenvalue weighted by molar-refractivity contribution is 5.87. The molecule has 6 nitrogen and oxygen atoms in total. The zero-order chi connectivity index (χ0) is 15.2. The predicted molar refractivity (Wildman–Crippen MR) is 81.4 cm³/mol. The predicted octanol–water partition coefficient (Wildman–Crippen LogP) is 1.48. The van der Waals surface area contributed by atoms with E-state index in [0.717, 1.165) is 25.5 Å². The Hall–Kier alpha value is -1.69. The minimum atomic E-state index is -0.451. The van der Waals surface area contributed by atoms with E-state index in [4.69, 9.17) is 4.74 Å². The summed E-state index contributed by atoms with van der Waals surface area (Å²) < 4.78 is 4.71. The quantitative estimate of drug-likeness (QED) is 0.801. The lowest BCUT2D eigenvalue weighted by atomic mass is 10.1. The smallest absolute Gasteiger partial charge is 0.358 e. The van der Waals surface area contributed by atoms with Gasteiger partial charge in [-0.3, -0.25) is 4.98 Å². The van der Waals surface area contributed by atoms with Crippen LogP contribution in [0.15, 0.2) is 12.4 Å². The Bertz CT molecular complexity index is 472. The Morgan fingerprint density at radius 3 is 2.95 bits per heavy atom. The van der Waals surface area contributed by atoms with Crippen molar-refractivity contribution in [1.29, 1.82) is 0 Å². The van der Waals surface area contributed by atoms with Gasteiger partial charge in [-0.15, -0.1) is 0 Å². The fraction of sp³-hybridized carbons (Fsp3) is 0.667. The van der Waals surface area contributed by atoms with Gasteiger partial charge in [-0.2, -0.15) is 0 Å². The zero-order valence-electron chi connectivity index (χ0n) is 13.0. The van der Waals surface area contributed by atoms with Gasteiger partial charge in [0.15, 0.2) is 5.69 Å². The molecule has 0 amide bonds. The summed E-state index contributed by atoms with van der Waals surface area (Å²) in [4.78, 5) is 22.3.